The van der Waals surface area contributed by atoms with E-state index >= 15 is 0 Å². The van der Waals surface area contributed by atoms with Gasteiger partial charge in [-0.05, 0) is 14.0 Å². The van der Waals surface area contributed by atoms with Crippen LogP contribution in [0, 0.1) is 0 Å². The highest BCUT2D eigenvalue weighted by Crippen LogP contribution is 2.01. The fourth-order valence-electron chi connectivity index (χ4n) is 1.63. The van der Waals surface area contributed by atoms with E-state index in [4.69, 9.17) is 5.73 Å². The number of nitrogens with two attached hydrogens (primary N) is 1. The van der Waals surface area contributed by atoms with Crippen LogP contribution in [0.4, 0.5) is 0 Å². The lowest BCUT2D eigenvalue weighted by atomic mass is 10.3. The van der Waals surface area contributed by atoms with Gasteiger partial charge in [0.2, 0.25) is 0 Å². The van der Waals surface area contributed by atoms with Gasteiger partial charge in [-0.1, -0.05) is 6.08 Å². The van der Waals surface area contributed by atoms with Crippen molar-refractivity contribution in [3.05, 3.63) is 11.8 Å². The van der Waals surface area contributed by atoms with Crippen molar-refractivity contribution in [3.63, 3.8) is 0 Å². The predicted octanol–water partition coefficient (Wildman–Crippen LogP) is -0.357. The van der Waals surface area contributed by atoms with Gasteiger partial charge in [0.15, 0.2) is 0 Å². The summed E-state index contributed by atoms with van der Waals surface area (Å²) in [7, 11) is 2.17. The molecule has 4 nitrogen and oxygen atoms in total. The second-order valence-electron chi connectivity index (χ2n) is 3.77. The smallest absolute Gasteiger partial charge is 0.0625 e. The molecule has 1 rings (SSSR count). The standard InChI is InChI=1S/C10H22N4/c1-3-10(12-9-11)8-14-6-4-13(2)5-7-14/h3,12H,4-9,11H2,1-2H3/b10-3+. The molecule has 0 atom stereocenters. The summed E-state index contributed by atoms with van der Waals surface area (Å²) >= 11 is 0. The fourth-order valence-corrected chi connectivity index (χ4v) is 1.63. The Morgan fingerprint density at radius 2 is 2.00 bits per heavy atom. The lowest BCUT2D eigenvalue weighted by Gasteiger charge is -2.32. The zero-order valence-electron chi connectivity index (χ0n) is 9.29. The average Bonchev–Trinajstić information content (AvgIpc) is 2.20. The van der Waals surface area contributed by atoms with Gasteiger partial charge in [-0.15, -0.1) is 0 Å². The van der Waals surface area contributed by atoms with Crippen molar-refractivity contribution in [2.75, 3.05) is 46.4 Å². The Morgan fingerprint density at radius 3 is 2.50 bits per heavy atom. The van der Waals surface area contributed by atoms with Gasteiger partial charge in [0.05, 0.1) is 6.67 Å². The molecule has 0 aliphatic carbocycles. The van der Waals surface area contributed by atoms with E-state index in [9.17, 15) is 0 Å². The summed E-state index contributed by atoms with van der Waals surface area (Å²) in [5.74, 6) is 0. The number of nitrogens with one attached hydrogen (secondary N) is 1. The third-order valence-electron chi connectivity index (χ3n) is 2.67. The van der Waals surface area contributed by atoms with Gasteiger partial charge in [-0.2, -0.15) is 0 Å². The minimum atomic E-state index is 0.521. The molecule has 0 aromatic rings. The largest absolute Gasteiger partial charge is 0.375 e. The quantitative estimate of drug-likeness (QED) is 0.606. The number of allylic oxidation sites excluding steroid dienone is 1. The maximum absolute atomic E-state index is 5.45. The van der Waals surface area contributed by atoms with E-state index in [-0.39, 0.29) is 0 Å². The Morgan fingerprint density at radius 1 is 1.36 bits per heavy atom. The van der Waals surface area contributed by atoms with Crippen LogP contribution < -0.4 is 11.1 Å². The zero-order chi connectivity index (χ0) is 10.4. The first-order chi connectivity index (χ1) is 6.76. The van der Waals surface area contributed by atoms with Crippen LogP contribution in [0.25, 0.3) is 0 Å². The van der Waals surface area contributed by atoms with Crippen molar-refractivity contribution in [2.45, 2.75) is 6.92 Å². The molecule has 0 spiro atoms. The van der Waals surface area contributed by atoms with Crippen molar-refractivity contribution >= 4 is 0 Å². The van der Waals surface area contributed by atoms with Crippen LogP contribution in [0.1, 0.15) is 6.92 Å². The van der Waals surface area contributed by atoms with Gasteiger partial charge >= 0.3 is 0 Å². The van der Waals surface area contributed by atoms with Crippen LogP contribution in [-0.4, -0.2) is 56.2 Å². The first-order valence-electron chi connectivity index (χ1n) is 5.26. The normalized spacial score (nSPS) is 21.2. The summed E-state index contributed by atoms with van der Waals surface area (Å²) in [4.78, 5) is 4.82. The lowest BCUT2D eigenvalue weighted by Crippen LogP contribution is -2.46. The Bertz CT molecular complexity index is 183. The minimum absolute atomic E-state index is 0.521. The van der Waals surface area contributed by atoms with Crippen LogP contribution >= 0.6 is 0 Å². The van der Waals surface area contributed by atoms with Gasteiger partial charge in [0.25, 0.3) is 0 Å². The SMILES string of the molecule is C/C=C(\CN1CCN(C)CC1)NCN. The highest BCUT2D eigenvalue weighted by molar-refractivity contribution is 5.00. The van der Waals surface area contributed by atoms with E-state index < -0.39 is 0 Å². The third-order valence-corrected chi connectivity index (χ3v) is 2.67. The Kier molecular flexibility index (Phi) is 4.93. The van der Waals surface area contributed by atoms with E-state index in [0.29, 0.717) is 6.67 Å². The monoisotopic (exact) mass is 198 g/mol. The molecule has 1 aliphatic rings. The third kappa shape index (κ3) is 3.65. The van der Waals surface area contributed by atoms with Crippen molar-refractivity contribution in [3.8, 4) is 0 Å². The molecule has 0 aromatic carbocycles. The molecule has 0 saturated carbocycles. The van der Waals surface area contributed by atoms with Crippen LogP contribution in [0.2, 0.25) is 0 Å². The van der Waals surface area contributed by atoms with Gasteiger partial charge in [0.1, 0.15) is 0 Å². The van der Waals surface area contributed by atoms with Crippen LogP contribution in [0.5, 0.6) is 0 Å². The molecule has 3 N–H and O–H groups in total. The van der Waals surface area contributed by atoms with E-state index in [1.54, 1.807) is 0 Å². The Balaban J connectivity index is 2.29. The van der Waals surface area contributed by atoms with Gasteiger partial charge in [-0.25, -0.2) is 0 Å². The summed E-state index contributed by atoms with van der Waals surface area (Å²) in [5, 5.41) is 3.17. The van der Waals surface area contributed by atoms with Crippen LogP contribution in [-0.2, 0) is 0 Å². The summed E-state index contributed by atoms with van der Waals surface area (Å²) in [5.41, 5.74) is 6.69. The number of likely N-dealkylation sites (N-methyl/N-ethyl adjacent to an activating group) is 1. The first-order valence-corrected chi connectivity index (χ1v) is 5.26. The molecular formula is C10H22N4. The van der Waals surface area contributed by atoms with Gasteiger partial charge < -0.3 is 16.0 Å². The Labute approximate surface area is 86.7 Å². The molecular weight excluding hydrogens is 176 g/mol. The summed E-state index contributed by atoms with van der Waals surface area (Å²) < 4.78 is 0. The van der Waals surface area contributed by atoms with E-state index in [1.807, 2.05) is 6.92 Å². The maximum Gasteiger partial charge on any atom is 0.0625 e. The topological polar surface area (TPSA) is 44.5 Å². The first kappa shape index (κ1) is 11.5. The molecule has 0 bridgehead atoms. The van der Waals surface area contributed by atoms with Gasteiger partial charge in [-0.3, -0.25) is 4.90 Å². The molecule has 1 heterocycles. The second-order valence-corrected chi connectivity index (χ2v) is 3.77. The molecule has 14 heavy (non-hydrogen) atoms. The molecule has 1 fully saturated rings. The number of rotatable bonds is 4. The molecule has 0 aromatic heterocycles. The number of nitrogens with zero attached hydrogens (tertiary/aromatic N) is 2. The molecule has 0 unspecified atom stereocenters. The fraction of sp³-hybridized carbons (Fsp3) is 0.800. The predicted molar refractivity (Wildman–Crippen MR) is 59.9 cm³/mol. The second kappa shape index (κ2) is 6.01. The van der Waals surface area contributed by atoms with E-state index in [0.717, 1.165) is 19.6 Å². The van der Waals surface area contributed by atoms with Crippen LogP contribution in [0.15, 0.2) is 11.8 Å². The minimum Gasteiger partial charge on any atom is -0.375 e. The molecule has 1 saturated heterocycles. The molecule has 4 heteroatoms. The maximum atomic E-state index is 5.45. The average molecular weight is 198 g/mol. The summed E-state index contributed by atoms with van der Waals surface area (Å²) in [6, 6.07) is 0. The summed E-state index contributed by atoms with van der Waals surface area (Å²) in [6.07, 6.45) is 2.10. The number of hydrogen-bond acceptors (Lipinski definition) is 4. The highest BCUT2D eigenvalue weighted by atomic mass is 15.3. The molecule has 0 amide bonds. The van der Waals surface area contributed by atoms with Crippen LogP contribution in [0.3, 0.4) is 0 Å². The van der Waals surface area contributed by atoms with E-state index in [1.165, 1.54) is 18.8 Å². The summed E-state index contributed by atoms with van der Waals surface area (Å²) in [6.45, 7) is 8.21. The molecule has 0 radical (unpaired) electrons. The van der Waals surface area contributed by atoms with Gasteiger partial charge in [0, 0.05) is 38.4 Å². The zero-order valence-corrected chi connectivity index (χ0v) is 9.29. The van der Waals surface area contributed by atoms with E-state index in [2.05, 4.69) is 28.2 Å². The highest BCUT2D eigenvalue weighted by Gasteiger charge is 2.13. The molecule has 1 aliphatic heterocycles. The van der Waals surface area contributed by atoms with Crippen molar-refractivity contribution in [2.24, 2.45) is 5.73 Å². The lowest BCUT2D eigenvalue weighted by molar-refractivity contribution is 0.162. The van der Waals surface area contributed by atoms with Crippen molar-refractivity contribution in [1.82, 2.24) is 15.1 Å². The Hall–Kier alpha value is -0.580. The number of piperazine rings is 1. The van der Waals surface area contributed by atoms with Crippen molar-refractivity contribution < 1.29 is 0 Å². The van der Waals surface area contributed by atoms with Crippen molar-refractivity contribution in [1.29, 1.82) is 0 Å². The molecule has 82 valence electrons. The number of hydrogen-bond donors (Lipinski definition) is 2.